The van der Waals surface area contributed by atoms with Gasteiger partial charge in [-0.05, 0) is 235 Å². The normalized spacial score (nSPS) is 22.1. The van der Waals surface area contributed by atoms with Gasteiger partial charge in [0.25, 0.3) is 5.91 Å². The molecule has 0 unspecified atom stereocenters. The maximum Gasteiger partial charge on any atom is 0.421 e. The first kappa shape index (κ1) is 98.8. The lowest BCUT2D eigenvalue weighted by Crippen LogP contribution is -2.42. The fraction of sp³-hybridized carbons (Fsp3) is 0.538. The predicted octanol–water partition coefficient (Wildman–Crippen LogP) is 18.1. The molecule has 5 aliphatic carbocycles. The van der Waals surface area contributed by atoms with E-state index in [4.69, 9.17) is 54.6 Å². The van der Waals surface area contributed by atoms with Crippen LogP contribution in [0.25, 0.3) is 0 Å². The van der Waals surface area contributed by atoms with Crippen LogP contribution in [0.5, 0.6) is 0 Å². The van der Waals surface area contributed by atoms with Gasteiger partial charge < -0.3 is 54.0 Å². The number of nitrogens with zero attached hydrogens (tertiary/aromatic N) is 10. The van der Waals surface area contributed by atoms with Gasteiger partial charge in [-0.15, -0.1) is 0 Å². The van der Waals surface area contributed by atoms with E-state index in [1.54, 1.807) is 35.6 Å². The van der Waals surface area contributed by atoms with Crippen molar-refractivity contribution >= 4 is 20.0 Å². The van der Waals surface area contributed by atoms with Crippen LogP contribution in [0, 0.1) is 44.9 Å². The van der Waals surface area contributed by atoms with E-state index in [0.717, 1.165) is 196 Å². The molecule has 15 rings (SSSR count). The molecule has 8 heterocycles. The van der Waals surface area contributed by atoms with Crippen LogP contribution in [0.1, 0.15) is 270 Å². The number of alkyl halides is 6. The van der Waals surface area contributed by atoms with E-state index < -0.39 is 43.2 Å². The third-order valence-electron chi connectivity index (χ3n) is 24.0. The van der Waals surface area contributed by atoms with Gasteiger partial charge in [0, 0.05) is 116 Å². The number of carbonyl (C=O) groups excluding carboxylic acids is 1. The van der Waals surface area contributed by atoms with Crippen LogP contribution in [-0.2, 0) is 39.6 Å². The maximum absolute atomic E-state index is 13.1. The Balaban J connectivity index is 0.000000184. The summed E-state index contributed by atoms with van der Waals surface area (Å²) in [6.07, 6.45) is 23.8. The van der Waals surface area contributed by atoms with Gasteiger partial charge in [-0.3, -0.25) is 15.0 Å². The molecule has 662 valence electrons. The molecule has 3 spiro atoms. The molecular weight excluding hydrogens is 1610 g/mol. The molecule has 8 fully saturated rings. The number of halogens is 6. The summed E-state index contributed by atoms with van der Waals surface area (Å²) < 4.78 is 112. The molecule has 1 amide bonds. The van der Waals surface area contributed by atoms with Gasteiger partial charge in [0.15, 0.2) is 36.6 Å². The summed E-state index contributed by atoms with van der Waals surface area (Å²) in [6.45, 7) is 17.4. The second kappa shape index (κ2) is 45.3. The number of hydrogen-bond donors (Lipinski definition) is 5. The number of amides is 1. The largest absolute Gasteiger partial charge is 0.478 e. The van der Waals surface area contributed by atoms with E-state index in [0.29, 0.717) is 78.7 Å². The maximum atomic E-state index is 13.1. The molecule has 7 aromatic rings. The molecule has 5 N–H and O–H groups in total. The number of aromatic carboxylic acids is 1. The van der Waals surface area contributed by atoms with Crippen LogP contribution in [0.2, 0.25) is 19.6 Å². The molecule has 30 heteroatoms. The van der Waals surface area contributed by atoms with Crippen molar-refractivity contribution in [1.29, 1.82) is 21.0 Å². The van der Waals surface area contributed by atoms with E-state index >= 15 is 0 Å². The number of nitrogens with one attached hydrogen (secondary N) is 1. The van der Waals surface area contributed by atoms with Crippen molar-refractivity contribution in [2.45, 2.75) is 266 Å². The SMILES string of the molecule is C.CCN(C(=O)c1ccc([C@](C)(O)C(F)(F)F)cc1)C1CCC(c2ccc(C#N)nc2)CC1.CCNC1CCC(c2ccc(C#N)nc2)CC1.C[C@](O)(c1ccc(C(=O)O)cc1)C(F)(F)F.C[Si](C)(C)C#N.N#Cc1ccc(C2CCC3(CC2)OCCO3)cn1.O[n+]1cccc(C2CCC3(CC2)OCCO3)c1.c1cncc(C2CCC3(CC2)OCCO3)c1. The van der Waals surface area contributed by atoms with Gasteiger partial charge in [-0.25, -0.2) is 25.0 Å². The Morgan fingerprint density at radius 1 is 0.504 bits per heavy atom. The number of rotatable bonds is 13. The highest BCUT2D eigenvalue weighted by Gasteiger charge is 2.53. The first-order valence-electron chi connectivity index (χ1n) is 42.1. The van der Waals surface area contributed by atoms with E-state index in [-0.39, 0.29) is 47.9 Å². The quantitative estimate of drug-likeness (QED) is 0.0310. The molecule has 5 aromatic heterocycles. The van der Waals surface area contributed by atoms with Crippen molar-refractivity contribution in [3.05, 3.63) is 220 Å². The minimum absolute atomic E-state index is 0. The predicted molar refractivity (Wildman–Crippen MR) is 450 cm³/mol. The lowest BCUT2D eigenvalue weighted by atomic mass is 9.81. The zero-order valence-electron chi connectivity index (χ0n) is 70.6. The third kappa shape index (κ3) is 27.9. The molecule has 3 aliphatic heterocycles. The molecule has 2 aromatic carbocycles. The molecule has 0 bridgehead atoms. The Morgan fingerprint density at radius 3 is 1.15 bits per heavy atom. The number of benzene rings is 2. The van der Waals surface area contributed by atoms with E-state index in [1.165, 1.54) is 60.1 Å². The monoisotopic (exact) mass is 1720 g/mol. The van der Waals surface area contributed by atoms with Crippen molar-refractivity contribution < 1.29 is 89.6 Å². The second-order valence-corrected chi connectivity index (χ2v) is 38.1. The third-order valence-corrected chi connectivity index (χ3v) is 24.7. The summed E-state index contributed by atoms with van der Waals surface area (Å²) >= 11 is 0. The van der Waals surface area contributed by atoms with Gasteiger partial charge in [-0.1, -0.05) is 82.5 Å². The zero-order valence-corrected chi connectivity index (χ0v) is 71.6. The van der Waals surface area contributed by atoms with Crippen LogP contribution in [0.15, 0.2) is 153 Å². The van der Waals surface area contributed by atoms with Crippen LogP contribution < -0.4 is 10.0 Å². The van der Waals surface area contributed by atoms with Crippen molar-refractivity contribution in [2.75, 3.05) is 52.7 Å². The number of ether oxygens (including phenoxy) is 6. The molecule has 2 atom stereocenters. The highest BCUT2D eigenvalue weighted by molar-refractivity contribution is 6.83. The summed E-state index contributed by atoms with van der Waals surface area (Å²) in [6, 6.07) is 35.2. The minimum Gasteiger partial charge on any atom is -0.478 e. The van der Waals surface area contributed by atoms with Gasteiger partial charge in [-0.2, -0.15) is 42.1 Å². The van der Waals surface area contributed by atoms with Crippen LogP contribution in [0.3, 0.4) is 0 Å². The summed E-state index contributed by atoms with van der Waals surface area (Å²) in [4.78, 5) is 41.9. The topological polar surface area (TPSA) is 336 Å². The van der Waals surface area contributed by atoms with Crippen molar-refractivity contribution in [1.82, 2.24) is 30.2 Å². The highest BCUT2D eigenvalue weighted by Crippen LogP contribution is 2.47. The lowest BCUT2D eigenvalue weighted by molar-refractivity contribution is -0.905. The Morgan fingerprint density at radius 2 is 0.846 bits per heavy atom. The fourth-order valence-corrected chi connectivity index (χ4v) is 16.6. The second-order valence-electron chi connectivity index (χ2n) is 33.4. The number of carboxylic acids is 1. The molecule has 8 aliphatic rings. The molecule has 23 nitrogen and oxygen atoms in total. The van der Waals surface area contributed by atoms with Crippen LogP contribution >= 0.6 is 0 Å². The summed E-state index contributed by atoms with van der Waals surface area (Å²) in [5.41, 5.74) is 3.27. The number of aliphatic hydroxyl groups is 2. The van der Waals surface area contributed by atoms with Gasteiger partial charge in [0.2, 0.25) is 12.4 Å². The zero-order chi connectivity index (χ0) is 88.4. The molecule has 3 saturated heterocycles. The summed E-state index contributed by atoms with van der Waals surface area (Å²) in [7, 11) is -1.33. The number of aromatic nitrogens is 5. The number of carbonyl (C=O) groups is 2. The molecule has 123 heavy (non-hydrogen) atoms. The Labute approximate surface area is 719 Å². The van der Waals surface area contributed by atoms with Gasteiger partial charge >= 0.3 is 18.3 Å². The number of carboxylic acid groups (broad SMARTS) is 1. The molecule has 5 saturated carbocycles. The fourth-order valence-electron chi connectivity index (χ4n) is 16.6. The van der Waals surface area contributed by atoms with Crippen molar-refractivity contribution in [2.24, 2.45) is 0 Å². The van der Waals surface area contributed by atoms with Gasteiger partial charge in [0.1, 0.15) is 35.3 Å². The van der Waals surface area contributed by atoms with E-state index in [9.17, 15) is 51.4 Å². The number of pyridine rings is 5. The average molecular weight is 1720 g/mol. The number of nitriles is 4. The number of hydrogen-bond acceptors (Lipinski definition) is 20. The van der Waals surface area contributed by atoms with Gasteiger partial charge in [0.05, 0.1) is 45.2 Å². The van der Waals surface area contributed by atoms with Crippen molar-refractivity contribution in [3.63, 3.8) is 0 Å². The molecule has 0 radical (unpaired) electrons. The summed E-state index contributed by atoms with van der Waals surface area (Å²) in [5.74, 6) is 0.320. The Kier molecular flexibility index (Phi) is 36.4. The average Bonchev–Trinajstić information content (AvgIpc) is 1.77. The first-order chi connectivity index (χ1) is 58.1. The smallest absolute Gasteiger partial charge is 0.421 e. The minimum atomic E-state index is -4.81. The standard InChI is InChI=1S/C24H26F3N3O2.C14H19N3.C14H16N2O2.C13H18NO3.C13H17NO2.C10H9F3O3.C4H9NSi.CH4/c1-3-30(21-12-7-16(8-13-21)18-6-11-20(14-28)29-15-18)22(31)17-4-9-19(10-5-17)23(2,32)24(25,26)27;1-2-16-13-6-3-11(4-7-13)12-5-8-14(9-15)17-10-12;15-9-13-2-1-12(10-16-13)11-3-5-14(6-4-11)17-7-8-18-14;15-14-7-1-2-12(10-14)11-3-5-13(6-4-11)16-8-9-17-13;1-2-12(10-14-7-1)11-3-5-13(6-4-11)15-8-9-16-13;1-9(16,10(11,12)13)7-4-2-6(3-5-7)8(14)15;1-6(2,3)4-5;/h4-6,9-11,15-16,21,32H,3,7-8,12-13H2,1-2H3;5,8,10-11,13,16H,2-4,6-7H2,1H3;1-2,10-11H,3-8H2;1-2,7,10-11,15H,3-6,8-9H2;1-2,7,10-11H,3-6,8-9H2;2-5,16H,1H3,(H,14,15);1-3H3;1H4/q;;;+1;;;;/t16?,21?,23-;;;;;9-;;/m0....0../s1. The van der Waals surface area contributed by atoms with Crippen LogP contribution in [0.4, 0.5) is 26.3 Å². The Hall–Kier alpha value is -9.67. The Bertz CT molecular complexity index is 4570. The summed E-state index contributed by atoms with van der Waals surface area (Å²) in [5, 5.41) is 75.1. The van der Waals surface area contributed by atoms with E-state index in [1.807, 2.05) is 93.8 Å². The van der Waals surface area contributed by atoms with Crippen molar-refractivity contribution in [3.8, 4) is 23.9 Å². The van der Waals surface area contributed by atoms with E-state index in [2.05, 4.69) is 62.1 Å². The lowest BCUT2D eigenvalue weighted by Gasteiger charge is -2.36. The van der Waals surface area contributed by atoms with Crippen LogP contribution in [-0.4, -0.2) is 160 Å². The highest BCUT2D eigenvalue weighted by atomic mass is 28.3. The first-order valence-corrected chi connectivity index (χ1v) is 45.6. The molecular formula is C93H118F6N11O12Si+.